The molecule has 1 saturated heterocycles. The highest BCUT2D eigenvalue weighted by Gasteiger charge is 2.41. The summed E-state index contributed by atoms with van der Waals surface area (Å²) in [5.74, 6) is 0.246. The van der Waals surface area contributed by atoms with Crippen LogP contribution in [0.3, 0.4) is 0 Å². The van der Waals surface area contributed by atoms with Crippen molar-refractivity contribution in [1.29, 1.82) is 0 Å². The van der Waals surface area contributed by atoms with Gasteiger partial charge in [0.25, 0.3) is 0 Å². The summed E-state index contributed by atoms with van der Waals surface area (Å²) in [4.78, 5) is 14.6. The largest absolute Gasteiger partial charge is 0.321 e. The normalized spacial score (nSPS) is 28.9. The number of amides is 1. The molecule has 0 aromatic heterocycles. The van der Waals surface area contributed by atoms with Crippen molar-refractivity contribution in [2.75, 3.05) is 6.54 Å². The van der Waals surface area contributed by atoms with E-state index in [-0.39, 0.29) is 23.5 Å². The maximum atomic E-state index is 12.6. The van der Waals surface area contributed by atoms with E-state index in [9.17, 15) is 4.79 Å². The van der Waals surface area contributed by atoms with Gasteiger partial charge in [-0.25, -0.2) is 0 Å². The van der Waals surface area contributed by atoms with Crippen molar-refractivity contribution in [2.45, 2.75) is 58.2 Å². The molecule has 0 radical (unpaired) electrons. The van der Waals surface area contributed by atoms with Gasteiger partial charge < -0.3 is 4.90 Å². The Balaban J connectivity index is 1.81. The molecule has 1 aliphatic carbocycles. The van der Waals surface area contributed by atoms with Gasteiger partial charge in [0.15, 0.2) is 0 Å². The van der Waals surface area contributed by atoms with E-state index in [1.807, 2.05) is 25.1 Å². The average Bonchev–Trinajstić information content (AvgIpc) is 2.77. The van der Waals surface area contributed by atoms with Crippen LogP contribution in [-0.2, 0) is 4.79 Å². The summed E-state index contributed by atoms with van der Waals surface area (Å²) in [6.45, 7) is 5.20. The monoisotopic (exact) mass is 286 g/mol. The van der Waals surface area contributed by atoms with E-state index < -0.39 is 0 Å². The number of hydrogen-bond donors (Lipinski definition) is 1. The third-order valence-electron chi connectivity index (χ3n) is 5.10. The van der Waals surface area contributed by atoms with E-state index in [0.717, 1.165) is 6.54 Å². The molecule has 114 valence electrons. The van der Waals surface area contributed by atoms with Crippen LogP contribution >= 0.6 is 0 Å². The van der Waals surface area contributed by atoms with Crippen LogP contribution in [0, 0.1) is 5.41 Å². The lowest BCUT2D eigenvalue weighted by Gasteiger charge is -2.39. The Hall–Kier alpha value is -1.35. The minimum atomic E-state index is -0.0811. The minimum absolute atomic E-state index is 0.0347. The first-order valence-corrected chi connectivity index (χ1v) is 8.21. The van der Waals surface area contributed by atoms with Gasteiger partial charge in [-0.2, -0.15) is 0 Å². The zero-order valence-electron chi connectivity index (χ0n) is 13.1. The molecule has 1 aromatic carbocycles. The highest BCUT2D eigenvalue weighted by Crippen LogP contribution is 2.39. The molecular formula is C18H26N2O. The first-order valence-electron chi connectivity index (χ1n) is 8.21. The molecule has 1 aliphatic heterocycles. The van der Waals surface area contributed by atoms with Crippen molar-refractivity contribution in [3.63, 3.8) is 0 Å². The molecule has 3 nitrogen and oxygen atoms in total. The predicted molar refractivity (Wildman–Crippen MR) is 84.7 cm³/mol. The smallest absolute Gasteiger partial charge is 0.241 e. The Morgan fingerprint density at radius 1 is 1.19 bits per heavy atom. The molecule has 0 spiro atoms. The molecule has 21 heavy (non-hydrogen) atoms. The second kappa shape index (κ2) is 5.80. The molecule has 1 amide bonds. The summed E-state index contributed by atoms with van der Waals surface area (Å²) in [5.41, 5.74) is 1.47. The third-order valence-corrected chi connectivity index (χ3v) is 5.10. The van der Waals surface area contributed by atoms with E-state index >= 15 is 0 Å². The maximum absolute atomic E-state index is 12.6. The van der Waals surface area contributed by atoms with E-state index in [1.165, 1.54) is 37.7 Å². The molecule has 0 bridgehead atoms. The van der Waals surface area contributed by atoms with Crippen LogP contribution in [0.2, 0.25) is 0 Å². The summed E-state index contributed by atoms with van der Waals surface area (Å²) in [5, 5.41) is 3.45. The fraction of sp³-hybridized carbons (Fsp3) is 0.611. The van der Waals surface area contributed by atoms with Crippen molar-refractivity contribution in [3.8, 4) is 0 Å². The van der Waals surface area contributed by atoms with E-state index in [1.54, 1.807) is 0 Å². The zero-order valence-corrected chi connectivity index (χ0v) is 13.1. The third kappa shape index (κ3) is 2.98. The lowest BCUT2D eigenvalue weighted by molar-refractivity contribution is -0.131. The Morgan fingerprint density at radius 2 is 1.86 bits per heavy atom. The van der Waals surface area contributed by atoms with E-state index in [0.29, 0.717) is 0 Å². The number of nitrogens with one attached hydrogen (secondary N) is 1. The van der Waals surface area contributed by atoms with E-state index in [4.69, 9.17) is 0 Å². The molecular weight excluding hydrogens is 260 g/mol. The first kappa shape index (κ1) is 14.6. The number of nitrogens with zero attached hydrogens (tertiary/aromatic N) is 1. The minimum Gasteiger partial charge on any atom is -0.321 e. The molecule has 3 heteroatoms. The quantitative estimate of drug-likeness (QED) is 0.922. The lowest BCUT2D eigenvalue weighted by Crippen LogP contribution is -2.40. The lowest BCUT2D eigenvalue weighted by atomic mass is 9.75. The highest BCUT2D eigenvalue weighted by atomic mass is 16.2. The van der Waals surface area contributed by atoms with Crippen LogP contribution in [0.15, 0.2) is 30.3 Å². The molecule has 2 aliphatic rings. The summed E-state index contributed by atoms with van der Waals surface area (Å²) in [7, 11) is 0. The van der Waals surface area contributed by atoms with Gasteiger partial charge in [0.2, 0.25) is 5.91 Å². The molecule has 1 aromatic rings. The summed E-state index contributed by atoms with van der Waals surface area (Å²) >= 11 is 0. The Kier molecular flexibility index (Phi) is 4.03. The van der Waals surface area contributed by atoms with Gasteiger partial charge in [-0.1, -0.05) is 56.5 Å². The van der Waals surface area contributed by atoms with Gasteiger partial charge in [0.1, 0.15) is 6.17 Å². The standard InChI is InChI=1S/C18H26N2O/c1-14-17(21)20(13-18(2)11-7-4-8-12-18)16(19-14)15-9-5-3-6-10-15/h3,5-6,9-10,14,16,19H,4,7-8,11-13H2,1-2H3. The Labute approximate surface area is 127 Å². The second-order valence-corrected chi connectivity index (χ2v) is 7.04. The van der Waals surface area contributed by atoms with Crippen LogP contribution in [0.25, 0.3) is 0 Å². The molecule has 1 heterocycles. The first-order chi connectivity index (χ1) is 10.1. The SMILES string of the molecule is CC1NC(c2ccccc2)N(CC2(C)CCCCC2)C1=O. The second-order valence-electron chi connectivity index (χ2n) is 7.04. The van der Waals surface area contributed by atoms with Crippen molar-refractivity contribution in [2.24, 2.45) is 5.41 Å². The van der Waals surface area contributed by atoms with Crippen molar-refractivity contribution in [3.05, 3.63) is 35.9 Å². The van der Waals surface area contributed by atoms with Gasteiger partial charge in [-0.05, 0) is 30.7 Å². The predicted octanol–water partition coefficient (Wildman–Crippen LogP) is 3.48. The van der Waals surface area contributed by atoms with Gasteiger partial charge >= 0.3 is 0 Å². The summed E-state index contributed by atoms with van der Waals surface area (Å²) in [6.07, 6.45) is 6.47. The maximum Gasteiger partial charge on any atom is 0.241 e. The molecule has 1 N–H and O–H groups in total. The van der Waals surface area contributed by atoms with Crippen LogP contribution in [0.1, 0.15) is 57.7 Å². The highest BCUT2D eigenvalue weighted by molar-refractivity contribution is 5.84. The van der Waals surface area contributed by atoms with Crippen molar-refractivity contribution >= 4 is 5.91 Å². The van der Waals surface area contributed by atoms with E-state index in [2.05, 4.69) is 29.3 Å². The molecule has 2 fully saturated rings. The number of hydrogen-bond acceptors (Lipinski definition) is 2. The molecule has 3 rings (SSSR count). The van der Waals surface area contributed by atoms with Gasteiger partial charge in [0, 0.05) is 6.54 Å². The van der Waals surface area contributed by atoms with Gasteiger partial charge in [0.05, 0.1) is 6.04 Å². The number of rotatable bonds is 3. The number of carbonyl (C=O) groups is 1. The fourth-order valence-corrected chi connectivity index (χ4v) is 3.83. The fourth-order valence-electron chi connectivity index (χ4n) is 3.83. The number of carbonyl (C=O) groups excluding carboxylic acids is 1. The van der Waals surface area contributed by atoms with Crippen LogP contribution in [0.4, 0.5) is 0 Å². The number of benzene rings is 1. The Bertz CT molecular complexity index is 493. The summed E-state index contributed by atoms with van der Waals surface area (Å²) in [6, 6.07) is 10.3. The Morgan fingerprint density at radius 3 is 2.52 bits per heavy atom. The zero-order chi connectivity index (χ0) is 14.9. The van der Waals surface area contributed by atoms with Crippen LogP contribution < -0.4 is 5.32 Å². The topological polar surface area (TPSA) is 32.3 Å². The molecule has 1 saturated carbocycles. The van der Waals surface area contributed by atoms with Crippen LogP contribution in [0.5, 0.6) is 0 Å². The van der Waals surface area contributed by atoms with Crippen LogP contribution in [-0.4, -0.2) is 23.4 Å². The van der Waals surface area contributed by atoms with Crippen molar-refractivity contribution < 1.29 is 4.79 Å². The van der Waals surface area contributed by atoms with Crippen molar-refractivity contribution in [1.82, 2.24) is 10.2 Å². The molecule has 2 unspecified atom stereocenters. The molecule has 2 atom stereocenters. The van der Waals surface area contributed by atoms with Gasteiger partial charge in [-0.15, -0.1) is 0 Å². The van der Waals surface area contributed by atoms with Gasteiger partial charge in [-0.3, -0.25) is 10.1 Å². The average molecular weight is 286 g/mol. The summed E-state index contributed by atoms with van der Waals surface area (Å²) < 4.78 is 0.